The molecule has 0 aliphatic rings. The molecule has 4 rings (SSSR count). The third-order valence-corrected chi connectivity index (χ3v) is 9.02. The second-order valence-corrected chi connectivity index (χ2v) is 12.1. The van der Waals surface area contributed by atoms with Crippen LogP contribution < -0.4 is 19.1 Å². The standard InChI is InChI=1S/C34H37N3O6S/c1-25-16-18-31(19-17-25)44(40,41)37(28-13-9-15-30(22-28)43-4)24-33(38)36(23-27-12-8-14-29(20-27)42-3)32(34(39)35-2)21-26-10-6-5-7-11-26/h5-20,22,32H,21,23-24H2,1-4H3,(H,35,39)/t32-/m0/s1. The van der Waals surface area contributed by atoms with Crippen LogP contribution >= 0.6 is 0 Å². The number of rotatable bonds is 13. The quantitative estimate of drug-likeness (QED) is 0.236. The number of methoxy groups -OCH3 is 2. The van der Waals surface area contributed by atoms with Crippen molar-refractivity contribution in [2.75, 3.05) is 32.1 Å². The second-order valence-electron chi connectivity index (χ2n) is 10.2. The number of nitrogens with zero attached hydrogens (tertiary/aromatic N) is 2. The summed E-state index contributed by atoms with van der Waals surface area (Å²) in [6.45, 7) is 1.34. The summed E-state index contributed by atoms with van der Waals surface area (Å²) in [6, 6.07) is 28.6. The van der Waals surface area contributed by atoms with Gasteiger partial charge in [0, 0.05) is 26.1 Å². The summed E-state index contributed by atoms with van der Waals surface area (Å²) in [5.74, 6) is 0.0873. The molecule has 4 aromatic carbocycles. The Morgan fingerprint density at radius 1 is 0.795 bits per heavy atom. The van der Waals surface area contributed by atoms with Gasteiger partial charge in [0.05, 0.1) is 24.8 Å². The predicted octanol–water partition coefficient (Wildman–Crippen LogP) is 4.59. The molecule has 10 heteroatoms. The molecule has 0 aliphatic carbocycles. The average molecular weight is 616 g/mol. The summed E-state index contributed by atoms with van der Waals surface area (Å²) in [6.07, 6.45) is 0.222. The molecule has 44 heavy (non-hydrogen) atoms. The zero-order valence-electron chi connectivity index (χ0n) is 25.3. The van der Waals surface area contributed by atoms with Gasteiger partial charge in [-0.1, -0.05) is 66.2 Å². The highest BCUT2D eigenvalue weighted by atomic mass is 32.2. The average Bonchev–Trinajstić information content (AvgIpc) is 3.05. The molecule has 0 saturated heterocycles. The van der Waals surface area contributed by atoms with Crippen molar-refractivity contribution in [3.05, 3.63) is 120 Å². The van der Waals surface area contributed by atoms with E-state index in [-0.39, 0.29) is 29.5 Å². The number of carbonyl (C=O) groups excluding carboxylic acids is 2. The third kappa shape index (κ3) is 7.76. The van der Waals surface area contributed by atoms with Crippen molar-refractivity contribution in [2.24, 2.45) is 0 Å². The van der Waals surface area contributed by atoms with Gasteiger partial charge in [0.15, 0.2) is 0 Å². The number of hydrogen-bond acceptors (Lipinski definition) is 6. The van der Waals surface area contributed by atoms with Crippen LogP contribution in [0.5, 0.6) is 11.5 Å². The van der Waals surface area contributed by atoms with E-state index in [1.807, 2.05) is 43.3 Å². The van der Waals surface area contributed by atoms with Crippen LogP contribution in [0.2, 0.25) is 0 Å². The molecular weight excluding hydrogens is 578 g/mol. The normalized spacial score (nSPS) is 11.7. The number of nitrogens with one attached hydrogen (secondary N) is 1. The van der Waals surface area contributed by atoms with Crippen LogP contribution in [0.4, 0.5) is 5.69 Å². The van der Waals surface area contributed by atoms with E-state index in [1.165, 1.54) is 31.2 Å². The fourth-order valence-electron chi connectivity index (χ4n) is 4.82. The molecule has 1 atom stereocenters. The van der Waals surface area contributed by atoms with Crippen LogP contribution in [0.15, 0.2) is 108 Å². The lowest BCUT2D eigenvalue weighted by molar-refractivity contribution is -0.139. The van der Waals surface area contributed by atoms with Crippen LogP contribution in [0, 0.1) is 6.92 Å². The smallest absolute Gasteiger partial charge is 0.264 e. The summed E-state index contributed by atoms with van der Waals surface area (Å²) in [4.78, 5) is 29.3. The summed E-state index contributed by atoms with van der Waals surface area (Å²) < 4.78 is 40.0. The zero-order valence-corrected chi connectivity index (χ0v) is 26.1. The highest BCUT2D eigenvalue weighted by Crippen LogP contribution is 2.28. The largest absolute Gasteiger partial charge is 0.497 e. The lowest BCUT2D eigenvalue weighted by atomic mass is 10.0. The van der Waals surface area contributed by atoms with Crippen molar-refractivity contribution in [3.8, 4) is 11.5 Å². The lowest BCUT2D eigenvalue weighted by Gasteiger charge is -2.33. The topological polar surface area (TPSA) is 105 Å². The number of amides is 2. The Morgan fingerprint density at radius 2 is 1.41 bits per heavy atom. The molecule has 230 valence electrons. The number of anilines is 1. The van der Waals surface area contributed by atoms with Crippen LogP contribution in [0.25, 0.3) is 0 Å². The number of aryl methyl sites for hydroxylation is 1. The fraction of sp³-hybridized carbons (Fsp3) is 0.235. The molecule has 0 aromatic heterocycles. The molecule has 1 N–H and O–H groups in total. The van der Waals surface area contributed by atoms with E-state index in [9.17, 15) is 18.0 Å². The van der Waals surface area contributed by atoms with E-state index < -0.39 is 28.5 Å². The molecule has 0 heterocycles. The van der Waals surface area contributed by atoms with Crippen molar-refractivity contribution in [1.82, 2.24) is 10.2 Å². The number of carbonyl (C=O) groups is 2. The summed E-state index contributed by atoms with van der Waals surface area (Å²) in [5.41, 5.74) is 2.71. The van der Waals surface area contributed by atoms with Gasteiger partial charge in [-0.15, -0.1) is 0 Å². The van der Waals surface area contributed by atoms with Gasteiger partial charge in [0.1, 0.15) is 24.1 Å². The Morgan fingerprint density at radius 3 is 2.05 bits per heavy atom. The van der Waals surface area contributed by atoms with Gasteiger partial charge in [0.25, 0.3) is 10.0 Å². The van der Waals surface area contributed by atoms with Gasteiger partial charge >= 0.3 is 0 Å². The SMILES string of the molecule is CNC(=O)[C@H](Cc1ccccc1)N(Cc1cccc(OC)c1)C(=O)CN(c1cccc(OC)c1)S(=O)(=O)c1ccc(C)cc1. The van der Waals surface area contributed by atoms with E-state index >= 15 is 0 Å². The van der Waals surface area contributed by atoms with Crippen LogP contribution in [-0.2, 0) is 32.6 Å². The Labute approximate surface area is 259 Å². The van der Waals surface area contributed by atoms with E-state index in [1.54, 1.807) is 61.7 Å². The maximum absolute atomic E-state index is 14.4. The van der Waals surface area contributed by atoms with Gasteiger partial charge in [-0.3, -0.25) is 13.9 Å². The fourth-order valence-corrected chi connectivity index (χ4v) is 6.23. The third-order valence-electron chi connectivity index (χ3n) is 7.23. The highest BCUT2D eigenvalue weighted by Gasteiger charge is 2.34. The summed E-state index contributed by atoms with van der Waals surface area (Å²) >= 11 is 0. The zero-order chi connectivity index (χ0) is 31.7. The van der Waals surface area contributed by atoms with E-state index in [2.05, 4.69) is 5.32 Å². The molecule has 0 aliphatic heterocycles. The predicted molar refractivity (Wildman–Crippen MR) is 170 cm³/mol. The number of hydrogen-bond donors (Lipinski definition) is 1. The minimum atomic E-state index is -4.21. The monoisotopic (exact) mass is 615 g/mol. The molecule has 4 aromatic rings. The molecule has 0 fully saturated rings. The number of benzene rings is 4. The van der Waals surface area contributed by atoms with Crippen molar-refractivity contribution < 1.29 is 27.5 Å². The number of sulfonamides is 1. The van der Waals surface area contributed by atoms with Gasteiger partial charge in [-0.05, 0) is 54.4 Å². The second kappa shape index (κ2) is 14.6. The van der Waals surface area contributed by atoms with Crippen LogP contribution in [-0.4, -0.2) is 59.0 Å². The first-order chi connectivity index (χ1) is 21.2. The first-order valence-corrected chi connectivity index (χ1v) is 15.5. The Kier molecular flexibility index (Phi) is 10.6. The molecule has 9 nitrogen and oxygen atoms in total. The van der Waals surface area contributed by atoms with Crippen molar-refractivity contribution >= 4 is 27.5 Å². The van der Waals surface area contributed by atoms with E-state index in [4.69, 9.17) is 9.47 Å². The molecular formula is C34H37N3O6S. The van der Waals surface area contributed by atoms with Gasteiger partial charge in [0.2, 0.25) is 11.8 Å². The maximum atomic E-state index is 14.4. The Balaban J connectivity index is 1.81. The molecule has 0 unspecified atom stereocenters. The Hall–Kier alpha value is -4.83. The minimum Gasteiger partial charge on any atom is -0.497 e. The summed E-state index contributed by atoms with van der Waals surface area (Å²) in [7, 11) is 0.335. The first-order valence-electron chi connectivity index (χ1n) is 14.1. The molecule has 0 bridgehead atoms. The molecule has 0 radical (unpaired) electrons. The summed E-state index contributed by atoms with van der Waals surface area (Å²) in [5, 5.41) is 2.68. The van der Waals surface area contributed by atoms with Crippen molar-refractivity contribution in [1.29, 1.82) is 0 Å². The van der Waals surface area contributed by atoms with Gasteiger partial charge < -0.3 is 19.7 Å². The van der Waals surface area contributed by atoms with E-state index in [0.717, 1.165) is 15.4 Å². The Bertz CT molecular complexity index is 1680. The van der Waals surface area contributed by atoms with E-state index in [0.29, 0.717) is 17.1 Å². The molecule has 2 amide bonds. The van der Waals surface area contributed by atoms with Crippen LogP contribution in [0.1, 0.15) is 16.7 Å². The minimum absolute atomic E-state index is 0.0326. The number of ether oxygens (including phenoxy) is 2. The molecule has 0 saturated carbocycles. The van der Waals surface area contributed by atoms with Crippen molar-refractivity contribution in [3.63, 3.8) is 0 Å². The van der Waals surface area contributed by atoms with Gasteiger partial charge in [-0.2, -0.15) is 0 Å². The van der Waals surface area contributed by atoms with Crippen LogP contribution in [0.3, 0.4) is 0 Å². The lowest BCUT2D eigenvalue weighted by Crippen LogP contribution is -2.53. The van der Waals surface area contributed by atoms with Crippen molar-refractivity contribution in [2.45, 2.75) is 30.8 Å². The first kappa shape index (κ1) is 32.1. The maximum Gasteiger partial charge on any atom is 0.264 e. The highest BCUT2D eigenvalue weighted by molar-refractivity contribution is 7.92. The van der Waals surface area contributed by atoms with Gasteiger partial charge in [-0.25, -0.2) is 8.42 Å². The molecule has 0 spiro atoms. The number of likely N-dealkylation sites (N-methyl/N-ethyl adjacent to an activating group) is 1.